The Kier molecular flexibility index (Phi) is 5.99. The Balaban J connectivity index is 2.50. The van der Waals surface area contributed by atoms with E-state index in [1.165, 1.54) is 14.2 Å². The molecule has 1 rings (SSSR count). The first-order valence-electron chi connectivity index (χ1n) is 5.88. The van der Waals surface area contributed by atoms with Gasteiger partial charge in [-0.25, -0.2) is 13.2 Å². The molecule has 0 radical (unpaired) electrons. The van der Waals surface area contributed by atoms with Crippen LogP contribution in [0.3, 0.4) is 0 Å². The summed E-state index contributed by atoms with van der Waals surface area (Å²) in [6.07, 6.45) is 1.08. The molecular weight excluding hydrogens is 277 g/mol. The monoisotopic (exact) mass is 294 g/mol. The zero-order chi connectivity index (χ0) is 14.5. The Morgan fingerprint density at radius 1 is 1.05 bits per heavy atom. The molecule has 0 amide bonds. The minimum absolute atomic E-state index is 0.135. The highest BCUT2D eigenvalue weighted by Gasteiger charge is 2.33. The van der Waals surface area contributed by atoms with Gasteiger partial charge in [-0.05, 0) is 19.3 Å². The lowest BCUT2D eigenvalue weighted by Crippen LogP contribution is -2.39. The van der Waals surface area contributed by atoms with Gasteiger partial charge in [0.15, 0.2) is 0 Å². The van der Waals surface area contributed by atoms with Crippen LogP contribution in [-0.2, 0) is 15.3 Å². The molecule has 7 heteroatoms. The fraction of sp³-hybridized carbons (Fsp3) is 0.500. The molecule has 0 heterocycles. The molecule has 0 spiro atoms. The molecule has 0 bridgehead atoms. The molecule has 0 aliphatic rings. The molecule has 0 aliphatic heterocycles. The van der Waals surface area contributed by atoms with Crippen molar-refractivity contribution < 1.29 is 26.8 Å². The molecule has 0 atom stereocenters. The molecule has 0 fully saturated rings. The maximum atomic E-state index is 13.3. The Bertz CT molecular complexity index is 402. The van der Waals surface area contributed by atoms with E-state index in [2.05, 4.69) is 0 Å². The van der Waals surface area contributed by atoms with Crippen LogP contribution in [0, 0.1) is 17.5 Å². The number of hydrogen-bond acceptors (Lipinski definition) is 3. The van der Waals surface area contributed by atoms with Gasteiger partial charge in [0.05, 0.1) is 0 Å². The summed E-state index contributed by atoms with van der Waals surface area (Å²) >= 11 is 0. The zero-order valence-electron chi connectivity index (χ0n) is 10.9. The van der Waals surface area contributed by atoms with Crippen molar-refractivity contribution in [1.29, 1.82) is 0 Å². The Morgan fingerprint density at radius 3 is 2.05 bits per heavy atom. The lowest BCUT2D eigenvalue weighted by atomic mass is 10.1. The van der Waals surface area contributed by atoms with E-state index < -0.39 is 26.3 Å². The summed E-state index contributed by atoms with van der Waals surface area (Å²) in [5.74, 6) is -2.70. The third kappa shape index (κ3) is 4.61. The van der Waals surface area contributed by atoms with Crippen LogP contribution in [-0.4, -0.2) is 27.8 Å². The molecule has 0 aromatic heterocycles. The van der Waals surface area contributed by atoms with Crippen molar-refractivity contribution in [2.75, 3.05) is 14.2 Å². The standard InChI is InChI=1S/C12H17F3O3Si/c1-17-19(16,18-2)6-4-3-5-10-11(14)7-9(13)8-12(10)15/h7-8,16H,3-6H2,1-2H3. The van der Waals surface area contributed by atoms with E-state index in [0.29, 0.717) is 31.0 Å². The molecule has 0 aliphatic carbocycles. The van der Waals surface area contributed by atoms with Crippen LogP contribution in [0.4, 0.5) is 13.2 Å². The van der Waals surface area contributed by atoms with E-state index in [9.17, 15) is 18.0 Å². The van der Waals surface area contributed by atoms with Gasteiger partial charge in [0.25, 0.3) is 0 Å². The zero-order valence-corrected chi connectivity index (χ0v) is 11.9. The fourth-order valence-corrected chi connectivity index (χ4v) is 3.02. The smallest absolute Gasteiger partial charge is 0.390 e. The second kappa shape index (κ2) is 7.04. The highest BCUT2D eigenvalue weighted by Crippen LogP contribution is 2.19. The quantitative estimate of drug-likeness (QED) is 0.620. The van der Waals surface area contributed by atoms with Crippen molar-refractivity contribution in [1.82, 2.24) is 0 Å². The normalized spacial score (nSPS) is 11.9. The highest BCUT2D eigenvalue weighted by atomic mass is 28.4. The van der Waals surface area contributed by atoms with Crippen LogP contribution >= 0.6 is 0 Å². The predicted molar refractivity (Wildman–Crippen MR) is 66.1 cm³/mol. The molecule has 1 N–H and O–H groups in total. The van der Waals surface area contributed by atoms with Crippen molar-refractivity contribution in [2.45, 2.75) is 25.3 Å². The third-order valence-corrected chi connectivity index (χ3v) is 5.17. The van der Waals surface area contributed by atoms with Gasteiger partial charge in [-0.2, -0.15) is 0 Å². The Hall–Kier alpha value is -0.893. The largest absolute Gasteiger partial charge is 0.497 e. The number of halogens is 3. The predicted octanol–water partition coefficient (Wildman–Crippen LogP) is 2.65. The molecule has 0 saturated carbocycles. The first-order chi connectivity index (χ1) is 8.91. The summed E-state index contributed by atoms with van der Waals surface area (Å²) in [7, 11) is -0.407. The maximum absolute atomic E-state index is 13.3. The second-order valence-corrected chi connectivity index (χ2v) is 6.92. The summed E-state index contributed by atoms with van der Waals surface area (Å²) in [6.45, 7) is 0. The lowest BCUT2D eigenvalue weighted by molar-refractivity contribution is 0.150. The Labute approximate surface area is 111 Å². The first-order valence-corrected chi connectivity index (χ1v) is 7.85. The molecular formula is C12H17F3O3Si. The third-order valence-electron chi connectivity index (χ3n) is 2.91. The number of rotatable bonds is 7. The topological polar surface area (TPSA) is 38.7 Å². The summed E-state index contributed by atoms with van der Waals surface area (Å²) in [5.41, 5.74) is -0.138. The van der Waals surface area contributed by atoms with Gasteiger partial charge in [0.2, 0.25) is 0 Å². The minimum Gasteiger partial charge on any atom is -0.390 e. The molecule has 3 nitrogen and oxygen atoms in total. The van der Waals surface area contributed by atoms with E-state index >= 15 is 0 Å². The average molecular weight is 294 g/mol. The van der Waals surface area contributed by atoms with Crippen LogP contribution in [0.15, 0.2) is 12.1 Å². The Morgan fingerprint density at radius 2 is 1.58 bits per heavy atom. The summed E-state index contributed by atoms with van der Waals surface area (Å²) < 4.78 is 49.1. The van der Waals surface area contributed by atoms with E-state index in [1.54, 1.807) is 0 Å². The van der Waals surface area contributed by atoms with Gasteiger partial charge >= 0.3 is 8.80 Å². The average Bonchev–Trinajstić information content (AvgIpc) is 2.36. The molecule has 1 aromatic carbocycles. The van der Waals surface area contributed by atoms with Crippen molar-refractivity contribution in [2.24, 2.45) is 0 Å². The number of hydrogen-bond donors (Lipinski definition) is 1. The van der Waals surface area contributed by atoms with Crippen LogP contribution in [0.25, 0.3) is 0 Å². The molecule has 108 valence electrons. The van der Waals surface area contributed by atoms with E-state index in [4.69, 9.17) is 8.85 Å². The van der Waals surface area contributed by atoms with Crippen molar-refractivity contribution in [3.05, 3.63) is 35.1 Å². The van der Waals surface area contributed by atoms with Crippen molar-refractivity contribution in [3.63, 3.8) is 0 Å². The van der Waals surface area contributed by atoms with Gasteiger partial charge in [-0.1, -0.05) is 0 Å². The van der Waals surface area contributed by atoms with Gasteiger partial charge in [0.1, 0.15) is 17.5 Å². The maximum Gasteiger partial charge on any atom is 0.497 e. The molecule has 0 saturated heterocycles. The summed E-state index contributed by atoms with van der Waals surface area (Å²) in [4.78, 5) is 9.77. The molecule has 0 unspecified atom stereocenters. The lowest BCUT2D eigenvalue weighted by Gasteiger charge is -2.19. The van der Waals surface area contributed by atoms with E-state index in [1.807, 2.05) is 0 Å². The van der Waals surface area contributed by atoms with Crippen LogP contribution in [0.5, 0.6) is 0 Å². The summed E-state index contributed by atoms with van der Waals surface area (Å²) in [5, 5.41) is 0. The summed E-state index contributed by atoms with van der Waals surface area (Å²) in [6, 6.07) is 1.63. The van der Waals surface area contributed by atoms with Crippen LogP contribution in [0.2, 0.25) is 6.04 Å². The van der Waals surface area contributed by atoms with E-state index in [0.717, 1.165) is 0 Å². The fourth-order valence-electron chi connectivity index (χ4n) is 1.75. The SMILES string of the molecule is CO[Si](O)(CCCCc1c(F)cc(F)cc1F)OC. The number of benzene rings is 1. The van der Waals surface area contributed by atoms with E-state index in [-0.39, 0.29) is 12.0 Å². The highest BCUT2D eigenvalue weighted by molar-refractivity contribution is 6.59. The first kappa shape index (κ1) is 16.2. The van der Waals surface area contributed by atoms with Gasteiger partial charge < -0.3 is 13.6 Å². The van der Waals surface area contributed by atoms with Crippen LogP contribution < -0.4 is 0 Å². The van der Waals surface area contributed by atoms with Crippen molar-refractivity contribution >= 4 is 8.80 Å². The molecule has 19 heavy (non-hydrogen) atoms. The van der Waals surface area contributed by atoms with Gasteiger partial charge in [0, 0.05) is 38.0 Å². The second-order valence-electron chi connectivity index (χ2n) is 4.18. The molecule has 1 aromatic rings. The van der Waals surface area contributed by atoms with Crippen molar-refractivity contribution in [3.8, 4) is 0 Å². The van der Waals surface area contributed by atoms with Gasteiger partial charge in [-0.15, -0.1) is 0 Å². The van der Waals surface area contributed by atoms with Crippen LogP contribution in [0.1, 0.15) is 18.4 Å². The van der Waals surface area contributed by atoms with Gasteiger partial charge in [-0.3, -0.25) is 0 Å². The number of unbranched alkanes of at least 4 members (excludes halogenated alkanes) is 1. The minimum atomic E-state index is -3.12.